The van der Waals surface area contributed by atoms with Gasteiger partial charge in [-0.15, -0.1) is 11.3 Å². The van der Waals surface area contributed by atoms with E-state index >= 15 is 0 Å². The molecule has 2 aromatic carbocycles. The van der Waals surface area contributed by atoms with E-state index in [2.05, 4.69) is 5.32 Å². The van der Waals surface area contributed by atoms with Gasteiger partial charge in [-0.2, -0.15) is 13.2 Å². The molecule has 4 rings (SSSR count). The van der Waals surface area contributed by atoms with E-state index in [-0.39, 0.29) is 5.91 Å². The van der Waals surface area contributed by atoms with E-state index in [4.69, 9.17) is 0 Å². The fourth-order valence-electron chi connectivity index (χ4n) is 3.37. The Balaban J connectivity index is 1.62. The zero-order valence-corrected chi connectivity index (χ0v) is 17.0. The van der Waals surface area contributed by atoms with Crippen LogP contribution in [0, 0.1) is 6.92 Å². The van der Waals surface area contributed by atoms with Crippen LogP contribution in [0.2, 0.25) is 0 Å². The van der Waals surface area contributed by atoms with Crippen LogP contribution in [0.1, 0.15) is 32.1 Å². The second-order valence-corrected chi connectivity index (χ2v) is 8.37. The number of hydrogen-bond donors (Lipinski definition) is 1. The Hall–Kier alpha value is -3.06. The Bertz CT molecular complexity index is 1180. The van der Waals surface area contributed by atoms with Gasteiger partial charge in [-0.3, -0.25) is 4.79 Å². The molecule has 0 atom stereocenters. The number of fused-ring (bicyclic) bond motifs is 1. The van der Waals surface area contributed by atoms with Gasteiger partial charge in [-0.1, -0.05) is 42.5 Å². The molecule has 3 nitrogen and oxygen atoms in total. The number of aryl methyl sites for hydroxylation is 1. The van der Waals surface area contributed by atoms with Crippen molar-refractivity contribution in [3.05, 3.63) is 94.0 Å². The summed E-state index contributed by atoms with van der Waals surface area (Å²) in [6, 6.07) is 18.5. The molecule has 2 heterocycles. The summed E-state index contributed by atoms with van der Waals surface area (Å²) in [4.78, 5) is 14.0. The molecule has 0 aliphatic heterocycles. The molecule has 0 spiro atoms. The highest BCUT2D eigenvalue weighted by Gasteiger charge is 2.30. The lowest BCUT2D eigenvalue weighted by atomic mass is 10.1. The van der Waals surface area contributed by atoms with Gasteiger partial charge in [0.2, 0.25) is 0 Å². The number of carbonyl (C=O) groups is 1. The van der Waals surface area contributed by atoms with E-state index in [0.29, 0.717) is 24.3 Å². The fourth-order valence-corrected chi connectivity index (χ4v) is 4.34. The van der Waals surface area contributed by atoms with Crippen molar-refractivity contribution < 1.29 is 18.0 Å². The van der Waals surface area contributed by atoms with Crippen LogP contribution in [0.25, 0.3) is 10.2 Å². The summed E-state index contributed by atoms with van der Waals surface area (Å²) < 4.78 is 41.4. The van der Waals surface area contributed by atoms with E-state index in [1.165, 1.54) is 12.1 Å². The zero-order chi connectivity index (χ0) is 21.3. The summed E-state index contributed by atoms with van der Waals surface area (Å²) >= 11 is 1.59. The number of carbonyl (C=O) groups excluding carboxylic acids is 1. The lowest BCUT2D eigenvalue weighted by Gasteiger charge is -2.12. The summed E-state index contributed by atoms with van der Waals surface area (Å²) in [6.07, 6.45) is -4.37. The maximum absolute atomic E-state index is 12.9. The summed E-state index contributed by atoms with van der Waals surface area (Å²) in [5.74, 6) is -0.216. The van der Waals surface area contributed by atoms with Crippen LogP contribution < -0.4 is 5.32 Å². The molecule has 0 bridgehead atoms. The van der Waals surface area contributed by atoms with Crippen LogP contribution in [0.5, 0.6) is 0 Å². The number of halogens is 3. The van der Waals surface area contributed by atoms with Crippen LogP contribution in [0.3, 0.4) is 0 Å². The smallest absolute Gasteiger partial charge is 0.347 e. The van der Waals surface area contributed by atoms with E-state index in [9.17, 15) is 18.0 Å². The molecule has 0 radical (unpaired) electrons. The van der Waals surface area contributed by atoms with Gasteiger partial charge in [-0.25, -0.2) is 0 Å². The molecule has 1 amide bonds. The molecular weight excluding hydrogens is 409 g/mol. The highest BCUT2D eigenvalue weighted by molar-refractivity contribution is 7.19. The third kappa shape index (κ3) is 4.26. The van der Waals surface area contributed by atoms with Gasteiger partial charge in [0.05, 0.1) is 15.8 Å². The van der Waals surface area contributed by atoms with Gasteiger partial charge < -0.3 is 9.88 Å². The first-order chi connectivity index (χ1) is 14.3. The number of rotatable bonds is 5. The minimum absolute atomic E-state index is 0.216. The fraction of sp³-hybridized carbons (Fsp3) is 0.174. The van der Waals surface area contributed by atoms with Crippen LogP contribution in [0.15, 0.2) is 66.7 Å². The molecule has 0 fully saturated rings. The molecule has 0 saturated carbocycles. The average Bonchev–Trinajstić information content (AvgIpc) is 3.24. The molecule has 0 unspecified atom stereocenters. The molecule has 1 N–H and O–H groups in total. The second-order valence-electron chi connectivity index (χ2n) is 7.09. The second kappa shape index (κ2) is 7.99. The topological polar surface area (TPSA) is 34.0 Å². The predicted molar refractivity (Wildman–Crippen MR) is 113 cm³/mol. The van der Waals surface area contributed by atoms with Crippen molar-refractivity contribution in [2.24, 2.45) is 0 Å². The largest absolute Gasteiger partial charge is 0.416 e. The summed E-state index contributed by atoms with van der Waals surface area (Å²) in [5, 5.41) is 2.93. The predicted octanol–water partition coefficient (Wildman–Crippen LogP) is 6.01. The van der Waals surface area contributed by atoms with E-state index < -0.39 is 11.7 Å². The van der Waals surface area contributed by atoms with Crippen LogP contribution in [0.4, 0.5) is 13.2 Å². The molecular formula is C23H19F3N2OS. The van der Waals surface area contributed by atoms with E-state index in [1.54, 1.807) is 11.3 Å². The van der Waals surface area contributed by atoms with Crippen molar-refractivity contribution in [3.8, 4) is 0 Å². The van der Waals surface area contributed by atoms with Gasteiger partial charge >= 0.3 is 6.18 Å². The van der Waals surface area contributed by atoms with Gasteiger partial charge in [0.1, 0.15) is 5.69 Å². The minimum atomic E-state index is -4.37. The Morgan fingerprint density at radius 3 is 2.37 bits per heavy atom. The van der Waals surface area contributed by atoms with Crippen molar-refractivity contribution in [2.45, 2.75) is 26.2 Å². The lowest BCUT2D eigenvalue weighted by molar-refractivity contribution is -0.137. The molecule has 0 aliphatic carbocycles. The Morgan fingerprint density at radius 2 is 1.70 bits per heavy atom. The van der Waals surface area contributed by atoms with Crippen molar-refractivity contribution in [3.63, 3.8) is 0 Å². The molecule has 2 aromatic heterocycles. The summed E-state index contributed by atoms with van der Waals surface area (Å²) in [6.45, 7) is 2.70. The number of alkyl halides is 3. The third-order valence-electron chi connectivity index (χ3n) is 4.86. The number of nitrogens with zero attached hydrogens (tertiary/aromatic N) is 1. The molecule has 0 saturated heterocycles. The van der Waals surface area contributed by atoms with Gasteiger partial charge in [0, 0.05) is 18.0 Å². The highest BCUT2D eigenvalue weighted by atomic mass is 32.1. The van der Waals surface area contributed by atoms with Crippen molar-refractivity contribution in [1.29, 1.82) is 0 Å². The number of benzene rings is 2. The van der Waals surface area contributed by atoms with Crippen molar-refractivity contribution in [1.82, 2.24) is 9.88 Å². The highest BCUT2D eigenvalue weighted by Crippen LogP contribution is 2.31. The molecule has 30 heavy (non-hydrogen) atoms. The quantitative estimate of drug-likeness (QED) is 0.415. The van der Waals surface area contributed by atoms with E-state index in [1.807, 2.05) is 54.0 Å². The summed E-state index contributed by atoms with van der Waals surface area (Å²) in [7, 11) is 0. The molecule has 0 aliphatic rings. The molecule has 154 valence electrons. The number of nitrogens with one attached hydrogen (secondary N) is 1. The number of hydrogen-bond acceptors (Lipinski definition) is 2. The number of thiophene rings is 1. The molecule has 7 heteroatoms. The Labute approximate surface area is 175 Å². The van der Waals surface area contributed by atoms with Crippen LogP contribution >= 0.6 is 11.3 Å². The van der Waals surface area contributed by atoms with Gasteiger partial charge in [0.15, 0.2) is 0 Å². The SMILES string of the molecule is Cc1cc2c(cc(C(=O)NCc3ccccc3)n2Cc2ccc(C(F)(F)F)cc2)s1. The first-order valence-corrected chi connectivity index (χ1v) is 10.2. The maximum Gasteiger partial charge on any atom is 0.416 e. The van der Waals surface area contributed by atoms with Gasteiger partial charge in [-0.05, 0) is 42.3 Å². The lowest BCUT2D eigenvalue weighted by Crippen LogP contribution is -2.25. The maximum atomic E-state index is 12.9. The van der Waals surface area contributed by atoms with Crippen LogP contribution in [-0.4, -0.2) is 10.5 Å². The van der Waals surface area contributed by atoms with Gasteiger partial charge in [0.25, 0.3) is 5.91 Å². The van der Waals surface area contributed by atoms with E-state index in [0.717, 1.165) is 32.8 Å². The average molecular weight is 428 g/mol. The zero-order valence-electron chi connectivity index (χ0n) is 16.2. The standard InChI is InChI=1S/C23H19F3N2OS/c1-15-11-19-21(30-15)12-20(22(29)27-13-16-5-3-2-4-6-16)28(19)14-17-7-9-18(10-8-17)23(24,25)26/h2-12H,13-14H2,1H3,(H,27,29). The minimum Gasteiger partial charge on any atom is -0.347 e. The Morgan fingerprint density at radius 1 is 1.00 bits per heavy atom. The first-order valence-electron chi connectivity index (χ1n) is 9.39. The van der Waals surface area contributed by atoms with Crippen molar-refractivity contribution >= 4 is 27.5 Å². The molecule has 4 aromatic rings. The first kappa shape index (κ1) is 20.2. The van der Waals surface area contributed by atoms with Crippen LogP contribution in [-0.2, 0) is 19.3 Å². The third-order valence-corrected chi connectivity index (χ3v) is 5.85. The number of amides is 1. The Kier molecular flexibility index (Phi) is 5.39. The normalized spacial score (nSPS) is 11.7. The monoisotopic (exact) mass is 428 g/mol. The van der Waals surface area contributed by atoms with Crippen molar-refractivity contribution in [2.75, 3.05) is 0 Å². The summed E-state index contributed by atoms with van der Waals surface area (Å²) in [5.41, 5.74) is 2.40. The number of aromatic nitrogens is 1.